The monoisotopic (exact) mass is 404 g/mol. The second kappa shape index (κ2) is 8.68. The smallest absolute Gasteiger partial charge is 0.262 e. The van der Waals surface area contributed by atoms with Crippen molar-refractivity contribution in [3.05, 3.63) is 78.5 Å². The molecule has 7 nitrogen and oxygen atoms in total. The van der Waals surface area contributed by atoms with E-state index in [1.807, 2.05) is 0 Å². The van der Waals surface area contributed by atoms with Gasteiger partial charge in [0.05, 0.1) is 17.7 Å². The van der Waals surface area contributed by atoms with E-state index in [1.165, 1.54) is 54.8 Å². The molecule has 9 heteroatoms. The van der Waals surface area contributed by atoms with Crippen molar-refractivity contribution < 1.29 is 26.8 Å². The number of furan rings is 1. The summed E-state index contributed by atoms with van der Waals surface area (Å²) < 4.78 is 50.1. The summed E-state index contributed by atoms with van der Waals surface area (Å²) in [4.78, 5) is 12.0. The van der Waals surface area contributed by atoms with Crippen LogP contribution in [-0.2, 0) is 21.4 Å². The number of carbonyl (C=O) groups is 1. The van der Waals surface area contributed by atoms with E-state index < -0.39 is 21.7 Å². The van der Waals surface area contributed by atoms with Gasteiger partial charge in [-0.05, 0) is 60.7 Å². The standard InChI is InChI=1S/C19H17FN2O5S/c20-14-3-7-16(8-4-14)27-13-19(23)22-15-5-9-18(10-6-15)28(24,25)21-12-17-2-1-11-26-17/h1-11,21H,12-13H2,(H,22,23). The van der Waals surface area contributed by atoms with E-state index in [1.54, 1.807) is 12.1 Å². The third-order valence-electron chi connectivity index (χ3n) is 3.65. The fraction of sp³-hybridized carbons (Fsp3) is 0.105. The number of ether oxygens (including phenoxy) is 1. The largest absolute Gasteiger partial charge is 0.484 e. The Balaban J connectivity index is 1.53. The highest BCUT2D eigenvalue weighted by Gasteiger charge is 2.14. The first kappa shape index (κ1) is 19.6. The molecule has 0 unspecified atom stereocenters. The highest BCUT2D eigenvalue weighted by Crippen LogP contribution is 2.15. The van der Waals surface area contributed by atoms with Gasteiger partial charge in [0, 0.05) is 5.69 Å². The predicted molar refractivity (Wildman–Crippen MR) is 99.7 cm³/mol. The van der Waals surface area contributed by atoms with Crippen molar-refractivity contribution >= 4 is 21.6 Å². The Labute approximate surface area is 161 Å². The van der Waals surface area contributed by atoms with Crippen LogP contribution >= 0.6 is 0 Å². The van der Waals surface area contributed by atoms with Crippen molar-refractivity contribution in [3.63, 3.8) is 0 Å². The van der Waals surface area contributed by atoms with Crippen LogP contribution in [0.2, 0.25) is 0 Å². The van der Waals surface area contributed by atoms with E-state index in [0.717, 1.165) is 0 Å². The third-order valence-corrected chi connectivity index (χ3v) is 5.07. The van der Waals surface area contributed by atoms with Gasteiger partial charge in [-0.3, -0.25) is 4.79 Å². The molecule has 146 valence electrons. The summed E-state index contributed by atoms with van der Waals surface area (Å²) in [6, 6.07) is 14.3. The topological polar surface area (TPSA) is 97.6 Å². The molecule has 1 heterocycles. The van der Waals surface area contributed by atoms with Crippen LogP contribution in [0.15, 0.2) is 76.2 Å². The Morgan fingerprint density at radius 1 is 1.04 bits per heavy atom. The van der Waals surface area contributed by atoms with Gasteiger partial charge in [-0.2, -0.15) is 0 Å². The molecule has 0 aliphatic rings. The van der Waals surface area contributed by atoms with Crippen LogP contribution < -0.4 is 14.8 Å². The molecule has 0 saturated heterocycles. The van der Waals surface area contributed by atoms with Gasteiger partial charge >= 0.3 is 0 Å². The zero-order valence-electron chi connectivity index (χ0n) is 14.6. The molecule has 0 fully saturated rings. The summed E-state index contributed by atoms with van der Waals surface area (Å²) in [5, 5.41) is 2.59. The molecule has 0 radical (unpaired) electrons. The number of rotatable bonds is 8. The zero-order chi connectivity index (χ0) is 20.0. The van der Waals surface area contributed by atoms with Crippen molar-refractivity contribution in [1.82, 2.24) is 4.72 Å². The second-order valence-corrected chi connectivity index (χ2v) is 7.49. The Morgan fingerprint density at radius 2 is 1.75 bits per heavy atom. The molecule has 3 rings (SSSR count). The van der Waals surface area contributed by atoms with Crippen LogP contribution in [-0.4, -0.2) is 20.9 Å². The lowest BCUT2D eigenvalue weighted by Gasteiger charge is -2.09. The normalized spacial score (nSPS) is 11.2. The quantitative estimate of drug-likeness (QED) is 0.602. The molecule has 2 N–H and O–H groups in total. The summed E-state index contributed by atoms with van der Waals surface area (Å²) >= 11 is 0. The van der Waals surface area contributed by atoms with Gasteiger partial charge in [0.1, 0.15) is 17.3 Å². The molecule has 1 amide bonds. The van der Waals surface area contributed by atoms with Crippen molar-refractivity contribution in [2.75, 3.05) is 11.9 Å². The van der Waals surface area contributed by atoms with Crippen LogP contribution in [0.4, 0.5) is 10.1 Å². The summed E-state index contributed by atoms with van der Waals surface area (Å²) in [5.74, 6) is 0.0237. The lowest BCUT2D eigenvalue weighted by Crippen LogP contribution is -2.23. The summed E-state index contributed by atoms with van der Waals surface area (Å²) in [6.07, 6.45) is 1.46. The second-order valence-electron chi connectivity index (χ2n) is 5.72. The number of benzene rings is 2. The molecular weight excluding hydrogens is 387 g/mol. The van der Waals surface area contributed by atoms with Gasteiger partial charge in [0.2, 0.25) is 10.0 Å². The molecule has 28 heavy (non-hydrogen) atoms. The molecular formula is C19H17FN2O5S. The van der Waals surface area contributed by atoms with E-state index >= 15 is 0 Å². The highest BCUT2D eigenvalue weighted by atomic mass is 32.2. The molecule has 1 aromatic heterocycles. The molecule has 3 aromatic rings. The van der Waals surface area contributed by atoms with Crippen molar-refractivity contribution in [2.24, 2.45) is 0 Å². The van der Waals surface area contributed by atoms with Crippen molar-refractivity contribution in [2.45, 2.75) is 11.4 Å². The average Bonchev–Trinajstić information content (AvgIpc) is 3.20. The fourth-order valence-corrected chi connectivity index (χ4v) is 3.25. The maximum atomic E-state index is 12.8. The Kier molecular flexibility index (Phi) is 6.07. The number of hydrogen-bond acceptors (Lipinski definition) is 5. The summed E-state index contributed by atoms with van der Waals surface area (Å²) in [7, 11) is -3.71. The lowest BCUT2D eigenvalue weighted by atomic mass is 10.3. The number of amides is 1. The molecule has 0 spiro atoms. The number of nitrogens with one attached hydrogen (secondary N) is 2. The zero-order valence-corrected chi connectivity index (χ0v) is 15.4. The van der Waals surface area contributed by atoms with Crippen molar-refractivity contribution in [1.29, 1.82) is 0 Å². The first-order valence-corrected chi connectivity index (χ1v) is 9.71. The highest BCUT2D eigenvalue weighted by molar-refractivity contribution is 7.89. The fourth-order valence-electron chi connectivity index (χ4n) is 2.26. The summed E-state index contributed by atoms with van der Waals surface area (Å²) in [6.45, 7) is -0.231. The van der Waals surface area contributed by atoms with E-state index in [0.29, 0.717) is 17.2 Å². The molecule has 2 aromatic carbocycles. The molecule has 0 aliphatic carbocycles. The number of halogens is 1. The number of anilines is 1. The minimum absolute atomic E-state index is 0.0363. The van der Waals surface area contributed by atoms with Gasteiger partial charge in [0.15, 0.2) is 6.61 Å². The van der Waals surface area contributed by atoms with E-state index in [-0.39, 0.29) is 18.0 Å². The van der Waals surface area contributed by atoms with E-state index in [4.69, 9.17) is 9.15 Å². The van der Waals surface area contributed by atoms with E-state index in [9.17, 15) is 17.6 Å². The van der Waals surface area contributed by atoms with Crippen LogP contribution in [0, 0.1) is 5.82 Å². The lowest BCUT2D eigenvalue weighted by molar-refractivity contribution is -0.118. The van der Waals surface area contributed by atoms with Crippen LogP contribution in [0.5, 0.6) is 5.75 Å². The van der Waals surface area contributed by atoms with Gasteiger partial charge < -0.3 is 14.5 Å². The maximum Gasteiger partial charge on any atom is 0.262 e. The SMILES string of the molecule is O=C(COc1ccc(F)cc1)Nc1ccc(S(=O)(=O)NCc2ccco2)cc1. The number of hydrogen-bond donors (Lipinski definition) is 2. The number of carbonyl (C=O) groups excluding carboxylic acids is 1. The van der Waals surface area contributed by atoms with E-state index in [2.05, 4.69) is 10.0 Å². The molecule has 0 aliphatic heterocycles. The number of sulfonamides is 1. The van der Waals surface area contributed by atoms with Crippen LogP contribution in [0.25, 0.3) is 0 Å². The molecule has 0 atom stereocenters. The first-order valence-electron chi connectivity index (χ1n) is 8.23. The minimum Gasteiger partial charge on any atom is -0.484 e. The minimum atomic E-state index is -3.71. The average molecular weight is 404 g/mol. The van der Waals surface area contributed by atoms with Crippen LogP contribution in [0.3, 0.4) is 0 Å². The predicted octanol–water partition coefficient (Wildman–Crippen LogP) is 2.91. The van der Waals surface area contributed by atoms with Crippen LogP contribution in [0.1, 0.15) is 5.76 Å². The molecule has 0 bridgehead atoms. The van der Waals surface area contributed by atoms with Gasteiger partial charge in [-0.1, -0.05) is 0 Å². The molecule has 0 saturated carbocycles. The third kappa shape index (κ3) is 5.41. The van der Waals surface area contributed by atoms with Gasteiger partial charge in [0.25, 0.3) is 5.91 Å². The van der Waals surface area contributed by atoms with Crippen molar-refractivity contribution in [3.8, 4) is 5.75 Å². The summed E-state index contributed by atoms with van der Waals surface area (Å²) in [5.41, 5.74) is 0.415. The first-order chi connectivity index (χ1) is 13.4. The van der Waals surface area contributed by atoms with Gasteiger partial charge in [-0.25, -0.2) is 17.5 Å². The Hall–Kier alpha value is -3.17. The van der Waals surface area contributed by atoms with Gasteiger partial charge in [-0.15, -0.1) is 0 Å². The Bertz CT molecular complexity index is 1020. The Morgan fingerprint density at radius 3 is 2.39 bits per heavy atom. The maximum absolute atomic E-state index is 12.8.